The number of nitrogens with zero attached hydrogens (tertiary/aromatic N) is 1. The van der Waals surface area contributed by atoms with E-state index in [-0.39, 0.29) is 5.60 Å². The number of rotatable bonds is 6. The predicted octanol–water partition coefficient (Wildman–Crippen LogP) is 2.38. The summed E-state index contributed by atoms with van der Waals surface area (Å²) in [5, 5.41) is 6.52. The summed E-state index contributed by atoms with van der Waals surface area (Å²) in [6.07, 6.45) is 0. The van der Waals surface area contributed by atoms with Crippen molar-refractivity contribution in [1.82, 2.24) is 10.6 Å². The molecule has 0 radical (unpaired) electrons. The fraction of sp³-hybridized carbons (Fsp3) is 0.667. The highest BCUT2D eigenvalue weighted by atomic mass is 16.5. The van der Waals surface area contributed by atoms with Gasteiger partial charge in [-0.05, 0) is 40.7 Å². The van der Waals surface area contributed by atoms with E-state index >= 15 is 0 Å². The molecule has 0 aliphatic rings. The van der Waals surface area contributed by atoms with Crippen LogP contribution in [-0.2, 0) is 11.3 Å². The lowest BCUT2D eigenvalue weighted by atomic mass is 10.1. The Balaban J connectivity index is 2.65. The van der Waals surface area contributed by atoms with Gasteiger partial charge in [0.1, 0.15) is 11.5 Å². The Morgan fingerprint density at radius 3 is 2.55 bits per heavy atom. The second-order valence-corrected chi connectivity index (χ2v) is 5.45. The third-order valence-electron chi connectivity index (χ3n) is 3.13. The van der Waals surface area contributed by atoms with Crippen LogP contribution >= 0.6 is 0 Å². The molecule has 0 amide bonds. The highest BCUT2D eigenvalue weighted by Gasteiger charge is 2.16. The Morgan fingerprint density at radius 2 is 2.05 bits per heavy atom. The van der Waals surface area contributed by atoms with E-state index in [1.165, 1.54) is 0 Å². The van der Waals surface area contributed by atoms with Gasteiger partial charge in [-0.3, -0.25) is 0 Å². The minimum atomic E-state index is -0.224. The van der Waals surface area contributed by atoms with Gasteiger partial charge in [0.25, 0.3) is 0 Å². The molecule has 0 atom stereocenters. The fourth-order valence-corrected chi connectivity index (χ4v) is 1.72. The molecule has 20 heavy (non-hydrogen) atoms. The number of ether oxygens (including phenoxy) is 1. The van der Waals surface area contributed by atoms with Crippen molar-refractivity contribution in [1.29, 1.82) is 0 Å². The predicted molar refractivity (Wildman–Crippen MR) is 82.1 cm³/mol. The molecule has 0 unspecified atom stereocenters. The maximum Gasteiger partial charge on any atom is 0.191 e. The summed E-state index contributed by atoms with van der Waals surface area (Å²) >= 11 is 0. The number of furan rings is 1. The van der Waals surface area contributed by atoms with Crippen molar-refractivity contribution >= 4 is 5.96 Å². The van der Waals surface area contributed by atoms with Crippen LogP contribution in [0.2, 0.25) is 0 Å². The molecule has 1 rings (SSSR count). The lowest BCUT2D eigenvalue weighted by Crippen LogP contribution is -2.45. The van der Waals surface area contributed by atoms with Crippen LogP contribution in [0, 0.1) is 13.8 Å². The van der Waals surface area contributed by atoms with Gasteiger partial charge in [-0.2, -0.15) is 0 Å². The summed E-state index contributed by atoms with van der Waals surface area (Å²) in [7, 11) is 1.71. The summed E-state index contributed by atoms with van der Waals surface area (Å²) in [6, 6.07) is 2.03. The Bertz CT molecular complexity index is 450. The smallest absolute Gasteiger partial charge is 0.191 e. The molecule has 5 nitrogen and oxygen atoms in total. The largest absolute Gasteiger partial charge is 0.466 e. The lowest BCUT2D eigenvalue weighted by Gasteiger charge is -2.24. The van der Waals surface area contributed by atoms with Gasteiger partial charge in [0.05, 0.1) is 12.1 Å². The standard InChI is InChI=1S/C15H27N3O2/c1-7-16-14(18-10-15(4,5)19-6)17-9-13-8-11(2)20-12(13)3/h8H,7,9-10H2,1-6H3,(H2,16,17,18). The first-order valence-corrected chi connectivity index (χ1v) is 7.01. The van der Waals surface area contributed by atoms with Crippen LogP contribution in [0.1, 0.15) is 37.9 Å². The van der Waals surface area contributed by atoms with Gasteiger partial charge in [0.2, 0.25) is 0 Å². The number of aliphatic imine (C=N–C) groups is 1. The number of hydrogen-bond acceptors (Lipinski definition) is 3. The summed E-state index contributed by atoms with van der Waals surface area (Å²) in [5.41, 5.74) is 0.893. The van der Waals surface area contributed by atoms with Crippen LogP contribution in [-0.4, -0.2) is 31.8 Å². The SMILES string of the molecule is CCNC(=NCc1cc(C)oc1C)NCC(C)(C)OC. The van der Waals surface area contributed by atoms with Gasteiger partial charge in [-0.15, -0.1) is 0 Å². The second kappa shape index (κ2) is 7.33. The van der Waals surface area contributed by atoms with E-state index < -0.39 is 0 Å². The topological polar surface area (TPSA) is 58.8 Å². The first-order valence-electron chi connectivity index (χ1n) is 7.01. The highest BCUT2D eigenvalue weighted by Crippen LogP contribution is 2.14. The third-order valence-corrected chi connectivity index (χ3v) is 3.13. The molecule has 5 heteroatoms. The van der Waals surface area contributed by atoms with E-state index in [1.807, 2.05) is 40.7 Å². The highest BCUT2D eigenvalue weighted by molar-refractivity contribution is 5.79. The van der Waals surface area contributed by atoms with E-state index in [0.29, 0.717) is 13.1 Å². The van der Waals surface area contributed by atoms with Gasteiger partial charge in [0.15, 0.2) is 5.96 Å². The minimum Gasteiger partial charge on any atom is -0.466 e. The molecule has 0 bridgehead atoms. The molecule has 1 heterocycles. The molecule has 114 valence electrons. The quantitative estimate of drug-likeness (QED) is 0.621. The van der Waals surface area contributed by atoms with E-state index in [1.54, 1.807) is 7.11 Å². The molecule has 1 aromatic rings. The number of methoxy groups -OCH3 is 1. The molecule has 0 aliphatic carbocycles. The number of nitrogens with one attached hydrogen (secondary N) is 2. The Morgan fingerprint density at radius 1 is 1.35 bits per heavy atom. The van der Waals surface area contributed by atoms with Crippen LogP contribution in [0.5, 0.6) is 0 Å². The molecular weight excluding hydrogens is 254 g/mol. The van der Waals surface area contributed by atoms with Crippen molar-refractivity contribution in [3.05, 3.63) is 23.2 Å². The average Bonchev–Trinajstić information content (AvgIpc) is 2.71. The Kier molecular flexibility index (Phi) is 6.07. The molecule has 0 saturated carbocycles. The monoisotopic (exact) mass is 281 g/mol. The average molecular weight is 281 g/mol. The Hall–Kier alpha value is -1.49. The van der Waals surface area contributed by atoms with Crippen molar-refractivity contribution in [2.24, 2.45) is 4.99 Å². The van der Waals surface area contributed by atoms with E-state index in [9.17, 15) is 0 Å². The van der Waals surface area contributed by atoms with Crippen molar-refractivity contribution < 1.29 is 9.15 Å². The molecule has 0 aromatic carbocycles. The summed E-state index contributed by atoms with van der Waals surface area (Å²) in [5.74, 6) is 2.64. The van der Waals surface area contributed by atoms with Crippen LogP contribution in [0.15, 0.2) is 15.5 Å². The zero-order valence-electron chi connectivity index (χ0n) is 13.5. The van der Waals surface area contributed by atoms with Crippen LogP contribution in [0.4, 0.5) is 0 Å². The molecule has 2 N–H and O–H groups in total. The number of hydrogen-bond donors (Lipinski definition) is 2. The van der Waals surface area contributed by atoms with Gasteiger partial charge >= 0.3 is 0 Å². The van der Waals surface area contributed by atoms with E-state index in [2.05, 4.69) is 15.6 Å². The van der Waals surface area contributed by atoms with E-state index in [0.717, 1.165) is 29.6 Å². The molecule has 0 aliphatic heterocycles. The minimum absolute atomic E-state index is 0.224. The van der Waals surface area contributed by atoms with Crippen LogP contribution in [0.25, 0.3) is 0 Å². The molecule has 0 saturated heterocycles. The van der Waals surface area contributed by atoms with Gasteiger partial charge < -0.3 is 19.8 Å². The van der Waals surface area contributed by atoms with Crippen molar-refractivity contribution in [3.63, 3.8) is 0 Å². The van der Waals surface area contributed by atoms with Crippen molar-refractivity contribution in [2.45, 2.75) is 46.8 Å². The maximum absolute atomic E-state index is 5.51. The van der Waals surface area contributed by atoms with Gasteiger partial charge in [-0.1, -0.05) is 0 Å². The zero-order valence-corrected chi connectivity index (χ0v) is 13.5. The molecule has 0 fully saturated rings. The van der Waals surface area contributed by atoms with Gasteiger partial charge in [-0.25, -0.2) is 4.99 Å². The van der Waals surface area contributed by atoms with Gasteiger partial charge in [0, 0.05) is 25.8 Å². The van der Waals surface area contributed by atoms with Crippen molar-refractivity contribution in [2.75, 3.05) is 20.2 Å². The molecule has 0 spiro atoms. The van der Waals surface area contributed by atoms with Crippen LogP contribution in [0.3, 0.4) is 0 Å². The normalized spacial score (nSPS) is 12.6. The maximum atomic E-state index is 5.51. The first-order chi connectivity index (χ1) is 9.38. The summed E-state index contributed by atoms with van der Waals surface area (Å²) < 4.78 is 10.9. The number of aryl methyl sites for hydroxylation is 2. The summed E-state index contributed by atoms with van der Waals surface area (Å²) in [4.78, 5) is 4.57. The molecular formula is C15H27N3O2. The first kappa shape index (κ1) is 16.6. The fourth-order valence-electron chi connectivity index (χ4n) is 1.72. The van der Waals surface area contributed by atoms with Crippen LogP contribution < -0.4 is 10.6 Å². The number of guanidine groups is 1. The lowest BCUT2D eigenvalue weighted by molar-refractivity contribution is 0.0268. The zero-order chi connectivity index (χ0) is 15.2. The third kappa shape index (κ3) is 5.25. The van der Waals surface area contributed by atoms with E-state index in [4.69, 9.17) is 9.15 Å². The second-order valence-electron chi connectivity index (χ2n) is 5.45. The van der Waals surface area contributed by atoms with Crippen molar-refractivity contribution in [3.8, 4) is 0 Å². The molecule has 1 aromatic heterocycles. The summed E-state index contributed by atoms with van der Waals surface area (Å²) in [6.45, 7) is 12.1. The Labute approximate surface area is 121 Å².